The molecule has 1 aromatic rings. The summed E-state index contributed by atoms with van der Waals surface area (Å²) in [7, 11) is 0. The van der Waals surface area contributed by atoms with Crippen molar-refractivity contribution < 1.29 is 0 Å². The Hall–Kier alpha value is -1.59. The molecule has 0 aliphatic heterocycles. The molecule has 0 atom stereocenters. The minimum absolute atomic E-state index is 0.554. The highest BCUT2D eigenvalue weighted by Crippen LogP contribution is 1.98. The van der Waals surface area contributed by atoms with Crippen molar-refractivity contribution in [2.24, 2.45) is 4.99 Å². The number of nitrogens with zero attached hydrogens (tertiary/aromatic N) is 4. The van der Waals surface area contributed by atoms with Crippen LogP contribution in [0.5, 0.6) is 0 Å². The van der Waals surface area contributed by atoms with E-state index in [1.807, 2.05) is 4.57 Å². The van der Waals surface area contributed by atoms with E-state index in [-0.39, 0.29) is 0 Å². The van der Waals surface area contributed by atoms with Gasteiger partial charge in [-0.15, -0.1) is 10.2 Å². The number of hydrogen-bond donors (Lipinski definition) is 2. The second-order valence-corrected chi connectivity index (χ2v) is 4.72. The number of guanidine groups is 1. The van der Waals surface area contributed by atoms with Crippen LogP contribution in [0.2, 0.25) is 0 Å². The van der Waals surface area contributed by atoms with E-state index >= 15 is 0 Å². The van der Waals surface area contributed by atoms with E-state index in [4.69, 9.17) is 0 Å². The first-order valence-corrected chi connectivity index (χ1v) is 7.70. The van der Waals surface area contributed by atoms with Gasteiger partial charge in [0.1, 0.15) is 12.9 Å². The number of hydrogen-bond acceptors (Lipinski definition) is 3. The molecule has 0 aliphatic rings. The minimum atomic E-state index is 0.554. The fraction of sp³-hybridized carbons (Fsp3) is 0.786. The van der Waals surface area contributed by atoms with Crippen LogP contribution in [-0.4, -0.2) is 33.8 Å². The van der Waals surface area contributed by atoms with Crippen LogP contribution in [0.15, 0.2) is 11.3 Å². The second kappa shape index (κ2) is 10.2. The van der Waals surface area contributed by atoms with Gasteiger partial charge in [-0.3, -0.25) is 0 Å². The maximum absolute atomic E-state index is 4.55. The van der Waals surface area contributed by atoms with Gasteiger partial charge in [0.25, 0.3) is 0 Å². The van der Waals surface area contributed by atoms with Crippen molar-refractivity contribution in [3.63, 3.8) is 0 Å². The molecule has 114 valence electrons. The standard InChI is InChI=1S/C14H28N6/c1-4-7-8-9-10-16-14(15-5-2)17-11-13-19-18-12-20(13)6-3/h12H,4-11H2,1-3H3,(H2,15,16,17). The average molecular weight is 280 g/mol. The predicted molar refractivity (Wildman–Crippen MR) is 82.7 cm³/mol. The van der Waals surface area contributed by atoms with E-state index in [1.165, 1.54) is 25.7 Å². The summed E-state index contributed by atoms with van der Waals surface area (Å²) in [6.45, 7) is 9.63. The van der Waals surface area contributed by atoms with E-state index in [1.54, 1.807) is 6.33 Å². The summed E-state index contributed by atoms with van der Waals surface area (Å²) in [5.74, 6) is 1.75. The molecule has 0 spiro atoms. The smallest absolute Gasteiger partial charge is 0.191 e. The summed E-state index contributed by atoms with van der Waals surface area (Å²) in [6, 6.07) is 0. The van der Waals surface area contributed by atoms with Crippen LogP contribution in [0, 0.1) is 0 Å². The van der Waals surface area contributed by atoms with Crippen molar-refractivity contribution in [1.82, 2.24) is 25.4 Å². The third-order valence-corrected chi connectivity index (χ3v) is 3.08. The quantitative estimate of drug-likeness (QED) is 0.412. The lowest BCUT2D eigenvalue weighted by Crippen LogP contribution is -2.37. The third kappa shape index (κ3) is 6.04. The van der Waals surface area contributed by atoms with Crippen molar-refractivity contribution in [3.8, 4) is 0 Å². The fourth-order valence-electron chi connectivity index (χ4n) is 1.92. The Balaban J connectivity index is 2.41. The number of aromatic nitrogens is 3. The summed E-state index contributed by atoms with van der Waals surface area (Å²) in [6.07, 6.45) is 6.77. The van der Waals surface area contributed by atoms with Crippen LogP contribution < -0.4 is 10.6 Å². The molecule has 0 radical (unpaired) electrons. The topological polar surface area (TPSA) is 67.1 Å². The molecule has 0 saturated heterocycles. The largest absolute Gasteiger partial charge is 0.357 e. The molecule has 0 unspecified atom stereocenters. The Morgan fingerprint density at radius 1 is 1.20 bits per heavy atom. The third-order valence-electron chi connectivity index (χ3n) is 3.08. The number of aryl methyl sites for hydroxylation is 1. The van der Waals surface area contributed by atoms with Gasteiger partial charge < -0.3 is 15.2 Å². The van der Waals surface area contributed by atoms with Crippen molar-refractivity contribution in [2.45, 2.75) is 59.5 Å². The molecule has 0 fully saturated rings. The summed E-state index contributed by atoms with van der Waals surface area (Å²) in [5, 5.41) is 14.6. The molecule has 0 saturated carbocycles. The molecule has 6 heteroatoms. The van der Waals surface area contributed by atoms with Gasteiger partial charge in [-0.2, -0.15) is 0 Å². The Morgan fingerprint density at radius 3 is 2.75 bits per heavy atom. The molecule has 1 rings (SSSR count). The summed E-state index contributed by atoms with van der Waals surface area (Å²) in [4.78, 5) is 4.55. The molecular formula is C14H28N6. The van der Waals surface area contributed by atoms with Gasteiger partial charge in [0.05, 0.1) is 0 Å². The fourth-order valence-corrected chi connectivity index (χ4v) is 1.92. The van der Waals surface area contributed by atoms with Crippen molar-refractivity contribution >= 4 is 5.96 Å². The zero-order valence-corrected chi connectivity index (χ0v) is 13.0. The van der Waals surface area contributed by atoms with Crippen LogP contribution in [0.3, 0.4) is 0 Å². The lowest BCUT2D eigenvalue weighted by Gasteiger charge is -2.11. The first kappa shape index (κ1) is 16.5. The number of aliphatic imine (C=N–C) groups is 1. The van der Waals surface area contributed by atoms with Crippen LogP contribution >= 0.6 is 0 Å². The van der Waals surface area contributed by atoms with E-state index in [9.17, 15) is 0 Å². The first-order valence-electron chi connectivity index (χ1n) is 7.70. The van der Waals surface area contributed by atoms with Gasteiger partial charge >= 0.3 is 0 Å². The second-order valence-electron chi connectivity index (χ2n) is 4.72. The lowest BCUT2D eigenvalue weighted by atomic mass is 10.2. The van der Waals surface area contributed by atoms with Crippen molar-refractivity contribution in [1.29, 1.82) is 0 Å². The van der Waals surface area contributed by atoms with Crippen molar-refractivity contribution in [3.05, 3.63) is 12.2 Å². The molecule has 0 bridgehead atoms. The van der Waals surface area contributed by atoms with Crippen LogP contribution in [0.4, 0.5) is 0 Å². The maximum Gasteiger partial charge on any atom is 0.191 e. The summed E-state index contributed by atoms with van der Waals surface area (Å²) < 4.78 is 2.01. The molecule has 20 heavy (non-hydrogen) atoms. The van der Waals surface area contributed by atoms with Gasteiger partial charge in [0.15, 0.2) is 11.8 Å². The number of rotatable bonds is 9. The Morgan fingerprint density at radius 2 is 2.05 bits per heavy atom. The molecule has 2 N–H and O–H groups in total. The van der Waals surface area contributed by atoms with Gasteiger partial charge in [-0.25, -0.2) is 4.99 Å². The van der Waals surface area contributed by atoms with Crippen LogP contribution in [0.1, 0.15) is 52.3 Å². The van der Waals surface area contributed by atoms with E-state index in [2.05, 4.69) is 46.6 Å². The van der Waals surface area contributed by atoms with Gasteiger partial charge in [0.2, 0.25) is 0 Å². The minimum Gasteiger partial charge on any atom is -0.357 e. The average Bonchev–Trinajstić information content (AvgIpc) is 2.91. The van der Waals surface area contributed by atoms with E-state index in [0.29, 0.717) is 6.54 Å². The Kier molecular flexibility index (Phi) is 8.42. The van der Waals surface area contributed by atoms with Crippen LogP contribution in [0.25, 0.3) is 0 Å². The number of unbranched alkanes of at least 4 members (excludes halogenated alkanes) is 3. The highest BCUT2D eigenvalue weighted by atomic mass is 15.3. The molecule has 0 aliphatic carbocycles. The van der Waals surface area contributed by atoms with Crippen molar-refractivity contribution in [2.75, 3.05) is 13.1 Å². The summed E-state index contributed by atoms with van der Waals surface area (Å²) in [5.41, 5.74) is 0. The molecule has 0 aromatic carbocycles. The van der Waals surface area contributed by atoms with E-state index in [0.717, 1.165) is 31.4 Å². The Bertz CT molecular complexity index is 385. The lowest BCUT2D eigenvalue weighted by molar-refractivity contribution is 0.645. The van der Waals surface area contributed by atoms with E-state index < -0.39 is 0 Å². The first-order chi connectivity index (χ1) is 9.81. The molecular weight excluding hydrogens is 252 g/mol. The maximum atomic E-state index is 4.55. The highest BCUT2D eigenvalue weighted by molar-refractivity contribution is 5.79. The monoisotopic (exact) mass is 280 g/mol. The molecule has 6 nitrogen and oxygen atoms in total. The SMILES string of the molecule is CCCCCCNC(=NCc1nncn1CC)NCC. The molecule has 1 heterocycles. The predicted octanol–water partition coefficient (Wildman–Crippen LogP) is 1.93. The summed E-state index contributed by atoms with van der Waals surface area (Å²) >= 11 is 0. The van der Waals surface area contributed by atoms with Crippen LogP contribution in [-0.2, 0) is 13.1 Å². The Labute approximate surface area is 122 Å². The van der Waals surface area contributed by atoms with Gasteiger partial charge in [0, 0.05) is 19.6 Å². The normalized spacial score (nSPS) is 11.7. The zero-order chi connectivity index (χ0) is 14.6. The van der Waals surface area contributed by atoms with Gasteiger partial charge in [-0.1, -0.05) is 26.2 Å². The number of nitrogens with one attached hydrogen (secondary N) is 2. The molecule has 1 aromatic heterocycles. The highest BCUT2D eigenvalue weighted by Gasteiger charge is 2.02. The zero-order valence-electron chi connectivity index (χ0n) is 13.0. The van der Waals surface area contributed by atoms with Gasteiger partial charge in [-0.05, 0) is 20.3 Å². The molecule has 0 amide bonds.